The summed E-state index contributed by atoms with van der Waals surface area (Å²) in [5.41, 5.74) is 0.550. The highest BCUT2D eigenvalue weighted by molar-refractivity contribution is 8.19. The summed E-state index contributed by atoms with van der Waals surface area (Å²) >= 11 is 0.995. The number of benzene rings is 1. The number of rotatable bonds is 1. The van der Waals surface area contributed by atoms with Crippen LogP contribution in [0, 0.1) is 0 Å². The second kappa shape index (κ2) is 5.63. The van der Waals surface area contributed by atoms with Gasteiger partial charge in [-0.15, -0.1) is 0 Å². The highest BCUT2D eigenvalue weighted by atomic mass is 32.3. The average molecular weight is 371 g/mol. The number of hydrogen-bond acceptors (Lipinski definition) is 7. The molecule has 4 rings (SSSR count). The van der Waals surface area contributed by atoms with Crippen LogP contribution in [-0.4, -0.2) is 55.0 Å². The smallest absolute Gasteiger partial charge is 0.274 e. The Balaban J connectivity index is 1.67. The van der Waals surface area contributed by atoms with Gasteiger partial charge in [-0.3, -0.25) is 4.31 Å². The summed E-state index contributed by atoms with van der Waals surface area (Å²) in [5, 5.41) is 19.5. The first-order valence-electron chi connectivity index (χ1n) is 7.55. The van der Waals surface area contributed by atoms with E-state index in [0.717, 1.165) is 11.8 Å². The number of anilines is 1. The summed E-state index contributed by atoms with van der Waals surface area (Å²) in [6, 6.07) is 8.77. The topological polar surface area (TPSA) is 96.3 Å². The summed E-state index contributed by atoms with van der Waals surface area (Å²) in [6.45, 7) is 1.73. The maximum Gasteiger partial charge on any atom is 0.274 e. The molecule has 7 nitrogen and oxygen atoms in total. The van der Waals surface area contributed by atoms with E-state index in [1.54, 1.807) is 31.2 Å². The predicted molar refractivity (Wildman–Crippen MR) is 88.5 cm³/mol. The lowest BCUT2D eigenvalue weighted by molar-refractivity contribution is -0.229. The van der Waals surface area contributed by atoms with E-state index in [1.165, 1.54) is 4.31 Å². The van der Waals surface area contributed by atoms with E-state index in [0.29, 0.717) is 11.4 Å². The van der Waals surface area contributed by atoms with Gasteiger partial charge in [-0.05, 0) is 19.1 Å². The summed E-state index contributed by atoms with van der Waals surface area (Å²) in [5.74, 6) is 0.320. The van der Waals surface area contributed by atoms with Gasteiger partial charge in [0.1, 0.15) is 23.2 Å². The number of aliphatic hydroxyl groups is 2. The first-order valence-corrected chi connectivity index (χ1v) is 9.87. The van der Waals surface area contributed by atoms with Crippen LogP contribution in [-0.2, 0) is 19.5 Å². The van der Waals surface area contributed by atoms with E-state index in [9.17, 15) is 18.6 Å². The van der Waals surface area contributed by atoms with Gasteiger partial charge in [0.25, 0.3) is 10.0 Å². The fourth-order valence-corrected chi connectivity index (χ4v) is 6.45. The van der Waals surface area contributed by atoms with E-state index >= 15 is 0 Å². The largest absolute Gasteiger partial charge is 0.464 e. The quantitative estimate of drug-likeness (QED) is 0.746. The first kappa shape index (κ1) is 16.2. The number of ether oxygens (including phenoxy) is 2. The third kappa shape index (κ3) is 2.34. The lowest BCUT2D eigenvalue weighted by Gasteiger charge is -2.42. The van der Waals surface area contributed by atoms with Crippen molar-refractivity contribution in [2.45, 2.75) is 36.8 Å². The van der Waals surface area contributed by atoms with Gasteiger partial charge >= 0.3 is 0 Å². The molecule has 1 aromatic carbocycles. The molecular formula is C15H17NO6S2. The Morgan fingerprint density at radius 1 is 1.21 bits per heavy atom. The molecule has 3 heterocycles. The molecule has 0 saturated carbocycles. The Kier molecular flexibility index (Phi) is 3.81. The molecule has 1 saturated heterocycles. The molecular weight excluding hydrogens is 354 g/mol. The van der Waals surface area contributed by atoms with Gasteiger partial charge < -0.3 is 19.7 Å². The first-order chi connectivity index (χ1) is 11.4. The van der Waals surface area contributed by atoms with E-state index in [-0.39, 0.29) is 10.8 Å². The van der Waals surface area contributed by atoms with Crippen molar-refractivity contribution in [2.24, 2.45) is 0 Å². The molecule has 0 aliphatic carbocycles. The highest BCUT2D eigenvalue weighted by Gasteiger charge is 2.52. The van der Waals surface area contributed by atoms with Crippen molar-refractivity contribution in [1.82, 2.24) is 0 Å². The van der Waals surface area contributed by atoms with Gasteiger partial charge in [0, 0.05) is 0 Å². The lowest BCUT2D eigenvalue weighted by atomic mass is 10.0. The van der Waals surface area contributed by atoms with E-state index < -0.39 is 39.9 Å². The zero-order valence-electron chi connectivity index (χ0n) is 12.8. The number of para-hydroxylation sites is 1. The third-order valence-electron chi connectivity index (χ3n) is 4.37. The number of sulfonamides is 1. The van der Waals surface area contributed by atoms with Crippen LogP contribution in [0.1, 0.15) is 6.92 Å². The van der Waals surface area contributed by atoms with Crippen LogP contribution in [0.5, 0.6) is 0 Å². The van der Waals surface area contributed by atoms with Gasteiger partial charge in [-0.2, -0.15) is 0 Å². The molecule has 0 amide bonds. The summed E-state index contributed by atoms with van der Waals surface area (Å²) in [7, 11) is -3.74. The van der Waals surface area contributed by atoms with Crippen molar-refractivity contribution >= 4 is 27.5 Å². The maximum absolute atomic E-state index is 12.8. The molecule has 2 N–H and O–H groups in total. The Morgan fingerprint density at radius 2 is 1.92 bits per heavy atom. The van der Waals surface area contributed by atoms with Gasteiger partial charge in [0.15, 0.2) is 4.24 Å². The second-order valence-corrected chi connectivity index (χ2v) is 9.19. The van der Waals surface area contributed by atoms with Crippen LogP contribution in [0.25, 0.3) is 0 Å². The molecule has 1 aromatic rings. The summed E-state index contributed by atoms with van der Waals surface area (Å²) < 4.78 is 38.4. The number of thioether (sulfide) groups is 1. The molecule has 0 radical (unpaired) electrons. The van der Waals surface area contributed by atoms with Crippen LogP contribution in [0.4, 0.5) is 5.69 Å². The van der Waals surface area contributed by atoms with E-state index in [1.807, 2.05) is 6.07 Å². The molecule has 3 aliphatic heterocycles. The molecule has 5 unspecified atom stereocenters. The summed E-state index contributed by atoms with van der Waals surface area (Å²) in [6.07, 6.45) is -3.59. The maximum atomic E-state index is 12.8. The summed E-state index contributed by atoms with van der Waals surface area (Å²) in [4.78, 5) is 0. The van der Waals surface area contributed by atoms with Crippen molar-refractivity contribution in [3.8, 4) is 0 Å². The van der Waals surface area contributed by atoms with Gasteiger partial charge in [-0.1, -0.05) is 30.0 Å². The zero-order chi connectivity index (χ0) is 17.1. The third-order valence-corrected chi connectivity index (χ3v) is 8.12. The van der Waals surface area contributed by atoms with Gasteiger partial charge in [-0.25, -0.2) is 8.42 Å². The number of aliphatic hydroxyl groups excluding tert-OH is 2. The van der Waals surface area contributed by atoms with Crippen molar-refractivity contribution in [3.05, 3.63) is 40.3 Å². The molecule has 5 atom stereocenters. The normalized spacial score (nSPS) is 37.6. The average Bonchev–Trinajstić information content (AvgIpc) is 2.83. The second-order valence-electron chi connectivity index (χ2n) is 5.95. The molecule has 0 spiro atoms. The molecule has 3 aliphatic rings. The van der Waals surface area contributed by atoms with Crippen molar-refractivity contribution in [2.75, 3.05) is 10.8 Å². The molecule has 0 aromatic heterocycles. The van der Waals surface area contributed by atoms with Crippen LogP contribution >= 0.6 is 11.8 Å². The van der Waals surface area contributed by atoms with Gasteiger partial charge in [0.2, 0.25) is 6.29 Å². The predicted octanol–water partition coefficient (Wildman–Crippen LogP) is 0.604. The Labute approximate surface area is 143 Å². The molecule has 130 valence electrons. The fourth-order valence-electron chi connectivity index (χ4n) is 3.05. The molecule has 0 bridgehead atoms. The van der Waals surface area contributed by atoms with E-state index in [2.05, 4.69) is 0 Å². The number of hydrogen-bond donors (Lipinski definition) is 2. The van der Waals surface area contributed by atoms with E-state index in [4.69, 9.17) is 9.47 Å². The van der Waals surface area contributed by atoms with Crippen LogP contribution < -0.4 is 4.31 Å². The van der Waals surface area contributed by atoms with Crippen LogP contribution in [0.3, 0.4) is 0 Å². The minimum absolute atomic E-state index is 0.0806. The Morgan fingerprint density at radius 3 is 2.62 bits per heavy atom. The van der Waals surface area contributed by atoms with Crippen molar-refractivity contribution in [1.29, 1.82) is 0 Å². The molecule has 9 heteroatoms. The minimum atomic E-state index is -3.74. The Bertz CT molecular complexity index is 780. The molecule has 24 heavy (non-hydrogen) atoms. The van der Waals surface area contributed by atoms with Crippen molar-refractivity contribution in [3.63, 3.8) is 0 Å². The lowest BCUT2D eigenvalue weighted by Crippen LogP contribution is -2.56. The Hall–Kier alpha value is -1.26. The minimum Gasteiger partial charge on any atom is -0.464 e. The number of nitrogens with zero attached hydrogens (tertiary/aromatic N) is 1. The zero-order valence-corrected chi connectivity index (χ0v) is 14.4. The van der Waals surface area contributed by atoms with Crippen LogP contribution in [0.2, 0.25) is 0 Å². The number of fused-ring (bicyclic) bond motifs is 1. The van der Waals surface area contributed by atoms with Crippen molar-refractivity contribution < 1.29 is 28.1 Å². The fraction of sp³-hybridized carbons (Fsp3) is 0.467. The standard InChI is InChI=1S/C15H17NO6S2/c1-8-11(17)12(18)13-14(21-8)22-10-7-16(9-5-3-2-4-6-9)24(19,20)15(10)23-13/h2-6,8,11-14,17-18H,7H2,1H3. The SMILES string of the molecule is CC1OC2OC3=C(SC2C(O)C1O)S(=O)(=O)N(c1ccccc1)C3. The molecule has 1 fully saturated rings. The monoisotopic (exact) mass is 371 g/mol. The highest BCUT2D eigenvalue weighted by Crippen LogP contribution is 2.48. The van der Waals surface area contributed by atoms with Gasteiger partial charge in [0.05, 0.1) is 18.3 Å². The van der Waals surface area contributed by atoms with Crippen LogP contribution in [0.15, 0.2) is 40.3 Å².